The highest BCUT2D eigenvalue weighted by Crippen LogP contribution is 2.26. The molecule has 1 unspecified atom stereocenters. The number of carbonyl (C=O) groups excluding carboxylic acids is 1. The first-order valence-corrected chi connectivity index (χ1v) is 8.90. The number of nitrogens with zero attached hydrogens (tertiary/aromatic N) is 3. The lowest BCUT2D eigenvalue weighted by Crippen LogP contribution is -2.30. The number of nitrogens with one attached hydrogen (secondary N) is 1. The minimum absolute atomic E-state index is 0. The molecule has 1 aliphatic carbocycles. The zero-order valence-electron chi connectivity index (χ0n) is 15.1. The first kappa shape index (κ1) is 19.2. The fourth-order valence-electron chi connectivity index (χ4n) is 3.11. The van der Waals surface area contributed by atoms with Crippen LogP contribution in [0.25, 0.3) is 11.5 Å². The van der Waals surface area contributed by atoms with E-state index in [0.717, 1.165) is 37.2 Å². The lowest BCUT2D eigenvalue weighted by atomic mass is 9.98. The van der Waals surface area contributed by atoms with Gasteiger partial charge in [0.25, 0.3) is 0 Å². The number of carbonyl (C=O) groups is 1. The summed E-state index contributed by atoms with van der Waals surface area (Å²) in [4.78, 5) is 19.9. The molecule has 0 aromatic carbocycles. The average Bonchev–Trinajstić information content (AvgIpc) is 3.34. The predicted molar refractivity (Wildman–Crippen MR) is 98.5 cm³/mol. The van der Waals surface area contributed by atoms with Gasteiger partial charge in [-0.25, -0.2) is 8.78 Å². The number of hydrogen-bond acceptors (Lipinski definition) is 5. The summed E-state index contributed by atoms with van der Waals surface area (Å²) in [6, 6.07) is 3.88. The number of piperidine rings is 1. The number of allylic oxidation sites excluding steroid dienone is 4. The molecule has 0 spiro atoms. The molecular formula is C19H24F2N4O2. The molecule has 146 valence electrons. The average molecular weight is 378 g/mol. The van der Waals surface area contributed by atoms with Crippen LogP contribution in [0.5, 0.6) is 0 Å². The minimum atomic E-state index is -1.27. The van der Waals surface area contributed by atoms with Crippen molar-refractivity contribution in [1.82, 2.24) is 20.0 Å². The molecular weight excluding hydrogens is 354 g/mol. The van der Waals surface area contributed by atoms with Crippen molar-refractivity contribution in [3.63, 3.8) is 0 Å². The maximum Gasteiger partial charge on any atom is 0.231 e. The third kappa shape index (κ3) is 4.97. The lowest BCUT2D eigenvalue weighted by molar-refractivity contribution is -0.104. The first-order chi connectivity index (χ1) is 13.1. The van der Waals surface area contributed by atoms with Crippen LogP contribution in [0, 0.1) is 0 Å². The highest BCUT2D eigenvalue weighted by molar-refractivity contribution is 5.79. The second-order valence-electron chi connectivity index (χ2n) is 6.69. The predicted octanol–water partition coefficient (Wildman–Crippen LogP) is 3.83. The van der Waals surface area contributed by atoms with Crippen LogP contribution in [-0.4, -0.2) is 52.6 Å². The van der Waals surface area contributed by atoms with Crippen LogP contribution in [0.4, 0.5) is 8.78 Å². The molecule has 0 bridgehead atoms. The maximum atomic E-state index is 12.4. The molecule has 0 amide bonds. The van der Waals surface area contributed by atoms with Gasteiger partial charge in [-0.05, 0) is 44.6 Å². The van der Waals surface area contributed by atoms with E-state index >= 15 is 0 Å². The third-order valence-electron chi connectivity index (χ3n) is 4.55. The van der Waals surface area contributed by atoms with Crippen molar-refractivity contribution in [2.45, 2.75) is 31.4 Å². The Hall–Kier alpha value is -2.61. The Morgan fingerprint density at radius 2 is 2.33 bits per heavy atom. The quantitative estimate of drug-likeness (QED) is 0.822. The van der Waals surface area contributed by atoms with Gasteiger partial charge < -0.3 is 14.4 Å². The molecule has 6 nitrogen and oxygen atoms in total. The summed E-state index contributed by atoms with van der Waals surface area (Å²) in [6.45, 7) is 2.17. The molecule has 1 fully saturated rings. The van der Waals surface area contributed by atoms with Crippen LogP contribution in [-0.2, 0) is 4.79 Å². The molecule has 1 N–H and O–H groups in total. The summed E-state index contributed by atoms with van der Waals surface area (Å²) in [5, 5.41) is 4.02. The summed E-state index contributed by atoms with van der Waals surface area (Å²) >= 11 is 0. The van der Waals surface area contributed by atoms with E-state index in [1.54, 1.807) is 0 Å². The van der Waals surface area contributed by atoms with E-state index in [1.807, 2.05) is 18.3 Å². The second kappa shape index (κ2) is 8.85. The number of halogens is 2. The number of alkyl halides is 1. The van der Waals surface area contributed by atoms with Gasteiger partial charge in [-0.2, -0.15) is 4.98 Å². The first-order valence-electron chi connectivity index (χ1n) is 8.90. The van der Waals surface area contributed by atoms with E-state index in [1.165, 1.54) is 12.5 Å². The summed E-state index contributed by atoms with van der Waals surface area (Å²) in [5.41, 5.74) is 0.859. The van der Waals surface area contributed by atoms with Gasteiger partial charge in [-0.3, -0.25) is 4.79 Å². The Bertz CT molecular complexity index is 820. The second-order valence-corrected chi connectivity index (χ2v) is 6.69. The summed E-state index contributed by atoms with van der Waals surface area (Å²) in [7, 11) is 2.13. The maximum absolute atomic E-state index is 12.4. The Balaban J connectivity index is 0.000000221. The van der Waals surface area contributed by atoms with E-state index in [4.69, 9.17) is 4.52 Å². The van der Waals surface area contributed by atoms with Crippen LogP contribution >= 0.6 is 0 Å². The van der Waals surface area contributed by atoms with Gasteiger partial charge in [-0.15, -0.1) is 0 Å². The van der Waals surface area contributed by atoms with Gasteiger partial charge in [-0.1, -0.05) is 11.2 Å². The van der Waals surface area contributed by atoms with E-state index in [0.29, 0.717) is 18.0 Å². The topological polar surface area (TPSA) is 75.0 Å². The van der Waals surface area contributed by atoms with Crippen LogP contribution in [0.3, 0.4) is 0 Å². The third-order valence-corrected chi connectivity index (χ3v) is 4.55. The fraction of sp³-hybridized carbons (Fsp3) is 0.421. The molecule has 2 aromatic heterocycles. The molecule has 4 rings (SSSR count). The monoisotopic (exact) mass is 378 g/mol. The Kier molecular flexibility index (Phi) is 6.28. The van der Waals surface area contributed by atoms with Crippen LogP contribution in [0.2, 0.25) is 0 Å². The van der Waals surface area contributed by atoms with Gasteiger partial charge in [0, 0.05) is 26.2 Å². The highest BCUT2D eigenvalue weighted by Gasteiger charge is 2.24. The van der Waals surface area contributed by atoms with Crippen molar-refractivity contribution in [3.05, 3.63) is 47.8 Å². The van der Waals surface area contributed by atoms with Crippen molar-refractivity contribution >= 4 is 6.29 Å². The number of hydrogen-bond donors (Lipinski definition) is 1. The molecule has 8 heteroatoms. The van der Waals surface area contributed by atoms with E-state index < -0.39 is 12.0 Å². The molecule has 2 aromatic rings. The van der Waals surface area contributed by atoms with Crippen LogP contribution < -0.4 is 0 Å². The molecule has 3 heterocycles. The van der Waals surface area contributed by atoms with Gasteiger partial charge in [0.1, 0.15) is 12.0 Å². The molecule has 2 atom stereocenters. The standard InChI is InChI=1S/C12H16N4O.C7H6F2O.H2/c1-16-7-3-4-9(8-16)12-14-11(15-17-12)10-5-2-6-13-10;8-6-2-1-5(4-10)7(9)3-6;/h2,5-6,9,13H,3-4,7-8H2,1H3;1,3-4,6H,2H2;1H/t9-;;/m0../s1. The summed E-state index contributed by atoms with van der Waals surface area (Å²) < 4.78 is 30.1. The summed E-state index contributed by atoms with van der Waals surface area (Å²) in [6.07, 6.45) is 5.47. The van der Waals surface area contributed by atoms with Crippen molar-refractivity contribution in [2.75, 3.05) is 20.1 Å². The Labute approximate surface area is 157 Å². The molecule has 0 radical (unpaired) electrons. The number of aromatic nitrogens is 3. The van der Waals surface area contributed by atoms with E-state index in [2.05, 4.69) is 27.1 Å². The van der Waals surface area contributed by atoms with Crippen molar-refractivity contribution < 1.29 is 19.5 Å². The van der Waals surface area contributed by atoms with Gasteiger partial charge in [0.2, 0.25) is 11.7 Å². The van der Waals surface area contributed by atoms with Gasteiger partial charge >= 0.3 is 0 Å². The molecule has 2 aliphatic rings. The number of rotatable bonds is 3. The molecule has 1 saturated heterocycles. The number of aromatic amines is 1. The summed E-state index contributed by atoms with van der Waals surface area (Å²) in [5.74, 6) is 1.04. The zero-order valence-corrected chi connectivity index (χ0v) is 15.1. The normalized spacial score (nSPS) is 23.1. The number of H-pyrrole nitrogens is 1. The van der Waals surface area contributed by atoms with Crippen molar-refractivity contribution in [3.8, 4) is 11.5 Å². The largest absolute Gasteiger partial charge is 0.359 e. The van der Waals surface area contributed by atoms with Gasteiger partial charge in [0.05, 0.1) is 11.6 Å². The molecule has 27 heavy (non-hydrogen) atoms. The highest BCUT2D eigenvalue weighted by atomic mass is 19.1. The lowest BCUT2D eigenvalue weighted by Gasteiger charge is -2.27. The number of aldehydes is 1. The zero-order chi connectivity index (χ0) is 19.2. The van der Waals surface area contributed by atoms with Crippen LogP contribution in [0.15, 0.2) is 46.4 Å². The Morgan fingerprint density at radius 1 is 1.48 bits per heavy atom. The Morgan fingerprint density at radius 3 is 3.00 bits per heavy atom. The fourth-order valence-corrected chi connectivity index (χ4v) is 3.11. The van der Waals surface area contributed by atoms with E-state index in [-0.39, 0.29) is 13.4 Å². The van der Waals surface area contributed by atoms with E-state index in [9.17, 15) is 13.6 Å². The van der Waals surface area contributed by atoms with Crippen molar-refractivity contribution in [2.24, 2.45) is 0 Å². The van der Waals surface area contributed by atoms with Crippen molar-refractivity contribution in [1.29, 1.82) is 0 Å². The van der Waals surface area contributed by atoms with Gasteiger partial charge in [0.15, 0.2) is 6.29 Å². The molecule has 1 aliphatic heterocycles. The number of likely N-dealkylation sites (N-methyl/N-ethyl adjacent to an activating group) is 1. The SMILES string of the molecule is CN1CCC[C@H](c2nc(-c3ccc[nH]3)no2)C1.O=CC1=CCC(F)C=C1F.[HH]. The minimum Gasteiger partial charge on any atom is -0.359 e. The molecule has 0 saturated carbocycles. The number of likely N-dealkylation sites (tertiary alicyclic amines) is 1. The van der Waals surface area contributed by atoms with Crippen LogP contribution in [0.1, 0.15) is 32.5 Å². The smallest absolute Gasteiger partial charge is 0.231 e.